The first-order valence-corrected chi connectivity index (χ1v) is 8.93. The highest BCUT2D eigenvalue weighted by Gasteiger charge is 2.17. The van der Waals surface area contributed by atoms with Gasteiger partial charge in [-0.15, -0.1) is 0 Å². The minimum Gasteiger partial charge on any atom is -0.454 e. The average Bonchev–Trinajstić information content (AvgIpc) is 3.24. The molecule has 4 aromatic rings. The van der Waals surface area contributed by atoms with Crippen LogP contribution >= 0.6 is 11.3 Å². The van der Waals surface area contributed by atoms with E-state index in [1.807, 2.05) is 19.2 Å². The van der Waals surface area contributed by atoms with E-state index in [-0.39, 0.29) is 18.0 Å². The second-order valence-electron chi connectivity index (χ2n) is 6.00. The van der Waals surface area contributed by atoms with Crippen LogP contribution in [0, 0.1) is 0 Å². The lowest BCUT2D eigenvalue weighted by Crippen LogP contribution is -2.14. The summed E-state index contributed by atoms with van der Waals surface area (Å²) in [5.74, 6) is 0.627. The normalized spacial score (nSPS) is 13.6. The number of para-hydroxylation sites is 1. The third-order valence-electron chi connectivity index (χ3n) is 4.35. The van der Waals surface area contributed by atoms with Gasteiger partial charge < -0.3 is 18.5 Å². The summed E-state index contributed by atoms with van der Waals surface area (Å²) >= 11 is 1.34. The number of aryl methyl sites for hydroxylation is 1. The fourth-order valence-corrected chi connectivity index (χ4v) is 4.00. The van der Waals surface area contributed by atoms with Crippen molar-refractivity contribution < 1.29 is 18.7 Å². The SMILES string of the molecule is Cn1c(=NC(=O)c2cc(=O)c3ccccc3o2)sc2cc3c(cc21)OCO3. The molecular weight excluding hydrogens is 368 g/mol. The maximum absolute atomic E-state index is 12.6. The standard InChI is InChI=1S/C19H12N2O5S/c1-21-11-6-14-15(25-9-24-14)8-17(11)27-19(21)20-18(23)16-7-12(22)10-4-2-3-5-13(10)26-16/h2-8H,9H2,1H3. The van der Waals surface area contributed by atoms with Crippen LogP contribution in [-0.4, -0.2) is 17.3 Å². The highest BCUT2D eigenvalue weighted by atomic mass is 32.1. The molecule has 1 aliphatic heterocycles. The molecule has 3 heterocycles. The van der Waals surface area contributed by atoms with Gasteiger partial charge in [-0.1, -0.05) is 23.5 Å². The van der Waals surface area contributed by atoms with Crippen molar-refractivity contribution in [3.63, 3.8) is 0 Å². The van der Waals surface area contributed by atoms with Crippen LogP contribution in [0.1, 0.15) is 10.6 Å². The van der Waals surface area contributed by atoms with Crippen LogP contribution in [0.2, 0.25) is 0 Å². The van der Waals surface area contributed by atoms with Crippen molar-refractivity contribution in [3.05, 3.63) is 63.2 Å². The second kappa shape index (κ2) is 5.82. The van der Waals surface area contributed by atoms with Gasteiger partial charge in [0.15, 0.2) is 27.5 Å². The minimum absolute atomic E-state index is 0.0923. The van der Waals surface area contributed by atoms with Crippen molar-refractivity contribution in [2.24, 2.45) is 12.0 Å². The molecule has 0 aliphatic carbocycles. The van der Waals surface area contributed by atoms with Crippen molar-refractivity contribution >= 4 is 38.4 Å². The predicted octanol–water partition coefficient (Wildman–Crippen LogP) is 2.82. The highest BCUT2D eigenvalue weighted by Crippen LogP contribution is 2.36. The molecule has 2 aromatic heterocycles. The quantitative estimate of drug-likeness (QED) is 0.507. The number of fused-ring (bicyclic) bond motifs is 3. The average molecular weight is 380 g/mol. The summed E-state index contributed by atoms with van der Waals surface area (Å²) < 4.78 is 19.1. The fourth-order valence-electron chi connectivity index (χ4n) is 2.98. The first kappa shape index (κ1) is 15.8. The molecule has 0 unspecified atom stereocenters. The summed E-state index contributed by atoms with van der Waals surface area (Å²) in [5, 5.41) is 0.427. The maximum Gasteiger partial charge on any atom is 0.315 e. The number of hydrogen-bond donors (Lipinski definition) is 0. The third kappa shape index (κ3) is 2.53. The van der Waals surface area contributed by atoms with E-state index in [2.05, 4.69) is 4.99 Å². The van der Waals surface area contributed by atoms with Gasteiger partial charge in [-0.2, -0.15) is 4.99 Å². The first-order chi connectivity index (χ1) is 13.1. The maximum atomic E-state index is 12.6. The van der Waals surface area contributed by atoms with Gasteiger partial charge in [0.2, 0.25) is 6.79 Å². The Bertz CT molecular complexity index is 1360. The summed E-state index contributed by atoms with van der Waals surface area (Å²) in [6, 6.07) is 11.7. The Hall–Kier alpha value is -3.39. The van der Waals surface area contributed by atoms with E-state index in [4.69, 9.17) is 13.9 Å². The zero-order valence-corrected chi connectivity index (χ0v) is 14.9. The van der Waals surface area contributed by atoms with Crippen LogP contribution < -0.4 is 19.7 Å². The Morgan fingerprint density at radius 1 is 1.15 bits per heavy atom. The Balaban J connectivity index is 1.63. The summed E-state index contributed by atoms with van der Waals surface area (Å²) in [6.45, 7) is 0.201. The molecule has 1 amide bonds. The molecular formula is C19H12N2O5S. The Kier molecular flexibility index (Phi) is 3.41. The van der Waals surface area contributed by atoms with Crippen LogP contribution in [0.25, 0.3) is 21.2 Å². The number of ether oxygens (including phenoxy) is 2. The topological polar surface area (TPSA) is 83.0 Å². The summed E-state index contributed by atoms with van der Waals surface area (Å²) in [7, 11) is 1.81. The van der Waals surface area contributed by atoms with Crippen molar-refractivity contribution in [2.75, 3.05) is 6.79 Å². The lowest BCUT2D eigenvalue weighted by Gasteiger charge is -1.99. The molecule has 2 aromatic carbocycles. The lowest BCUT2D eigenvalue weighted by molar-refractivity contribution is 0.0972. The number of hydrogen-bond acceptors (Lipinski definition) is 6. The Labute approximate surface area is 155 Å². The van der Waals surface area contributed by atoms with Gasteiger partial charge in [0.05, 0.1) is 15.6 Å². The van der Waals surface area contributed by atoms with Crippen molar-refractivity contribution in [1.29, 1.82) is 0 Å². The Morgan fingerprint density at radius 2 is 1.93 bits per heavy atom. The van der Waals surface area contributed by atoms with E-state index in [1.165, 1.54) is 17.4 Å². The van der Waals surface area contributed by atoms with Gasteiger partial charge in [-0.25, -0.2) is 0 Å². The van der Waals surface area contributed by atoms with Crippen LogP contribution in [0.15, 0.2) is 56.7 Å². The highest BCUT2D eigenvalue weighted by molar-refractivity contribution is 7.16. The molecule has 0 saturated heterocycles. The second-order valence-corrected chi connectivity index (χ2v) is 7.01. The number of rotatable bonds is 1. The molecule has 0 fully saturated rings. The zero-order valence-electron chi connectivity index (χ0n) is 14.1. The molecule has 8 heteroatoms. The molecule has 27 heavy (non-hydrogen) atoms. The number of thiazole rings is 1. The van der Waals surface area contributed by atoms with E-state index in [0.29, 0.717) is 27.3 Å². The molecule has 0 atom stereocenters. The predicted molar refractivity (Wildman–Crippen MR) is 99.3 cm³/mol. The van der Waals surface area contributed by atoms with Crippen LogP contribution in [0.5, 0.6) is 11.5 Å². The number of carbonyl (C=O) groups excluding carboxylic acids is 1. The molecule has 0 saturated carbocycles. The van der Waals surface area contributed by atoms with Gasteiger partial charge in [0, 0.05) is 25.2 Å². The van der Waals surface area contributed by atoms with Crippen molar-refractivity contribution in [3.8, 4) is 11.5 Å². The zero-order chi connectivity index (χ0) is 18.5. The smallest absolute Gasteiger partial charge is 0.315 e. The molecule has 0 radical (unpaired) electrons. The van der Waals surface area contributed by atoms with Gasteiger partial charge in [-0.3, -0.25) is 9.59 Å². The molecule has 1 aliphatic rings. The van der Waals surface area contributed by atoms with Crippen molar-refractivity contribution in [2.45, 2.75) is 0 Å². The van der Waals surface area contributed by atoms with Crippen LogP contribution in [-0.2, 0) is 7.05 Å². The number of carbonyl (C=O) groups is 1. The van der Waals surface area contributed by atoms with Gasteiger partial charge in [0.1, 0.15) is 5.58 Å². The van der Waals surface area contributed by atoms with Crippen LogP contribution in [0.4, 0.5) is 0 Å². The van der Waals surface area contributed by atoms with E-state index in [0.717, 1.165) is 10.2 Å². The van der Waals surface area contributed by atoms with E-state index in [9.17, 15) is 9.59 Å². The van der Waals surface area contributed by atoms with Gasteiger partial charge >= 0.3 is 5.91 Å². The first-order valence-electron chi connectivity index (χ1n) is 8.11. The minimum atomic E-state index is -0.611. The van der Waals surface area contributed by atoms with Crippen molar-refractivity contribution in [1.82, 2.24) is 4.57 Å². The largest absolute Gasteiger partial charge is 0.454 e. The summed E-state index contributed by atoms with van der Waals surface area (Å²) in [4.78, 5) is 29.4. The lowest BCUT2D eigenvalue weighted by atomic mass is 10.2. The molecule has 0 N–H and O–H groups in total. The molecule has 0 bridgehead atoms. The van der Waals surface area contributed by atoms with Gasteiger partial charge in [-0.05, 0) is 12.1 Å². The Morgan fingerprint density at radius 3 is 2.78 bits per heavy atom. The number of nitrogens with zero attached hydrogens (tertiary/aromatic N) is 2. The fraction of sp³-hybridized carbons (Fsp3) is 0.105. The summed E-state index contributed by atoms with van der Waals surface area (Å²) in [6.07, 6.45) is 0. The van der Waals surface area contributed by atoms with Crippen LogP contribution in [0.3, 0.4) is 0 Å². The summed E-state index contributed by atoms with van der Waals surface area (Å²) in [5.41, 5.74) is 0.951. The molecule has 7 nitrogen and oxygen atoms in total. The molecule has 134 valence electrons. The number of amides is 1. The number of aromatic nitrogens is 1. The third-order valence-corrected chi connectivity index (χ3v) is 5.44. The van der Waals surface area contributed by atoms with E-state index < -0.39 is 5.91 Å². The molecule has 5 rings (SSSR count). The van der Waals surface area contributed by atoms with E-state index in [1.54, 1.807) is 28.8 Å². The molecule has 0 spiro atoms. The van der Waals surface area contributed by atoms with Gasteiger partial charge in [0.25, 0.3) is 0 Å². The monoisotopic (exact) mass is 380 g/mol. The van der Waals surface area contributed by atoms with E-state index >= 15 is 0 Å². The number of benzene rings is 2.